The zero-order valence-corrected chi connectivity index (χ0v) is 15.0. The summed E-state index contributed by atoms with van der Waals surface area (Å²) in [7, 11) is 4.19. The van der Waals surface area contributed by atoms with Crippen molar-refractivity contribution in [1.82, 2.24) is 10.0 Å². The van der Waals surface area contributed by atoms with Crippen molar-refractivity contribution in [3.63, 3.8) is 0 Å². The van der Waals surface area contributed by atoms with E-state index < -0.39 is 0 Å². The summed E-state index contributed by atoms with van der Waals surface area (Å²) in [5.74, 6) is 1.01. The van der Waals surface area contributed by atoms with Crippen LogP contribution >= 0.6 is 15.9 Å². The molecule has 0 radical (unpaired) electrons. The Morgan fingerprint density at radius 2 is 1.57 bits per heavy atom. The molecule has 0 amide bonds. The van der Waals surface area contributed by atoms with Gasteiger partial charge < -0.3 is 9.75 Å². The van der Waals surface area contributed by atoms with E-state index in [-0.39, 0.29) is 6.04 Å². The molecule has 0 aromatic heterocycles. The summed E-state index contributed by atoms with van der Waals surface area (Å²) in [5.41, 5.74) is 3.53. The van der Waals surface area contributed by atoms with E-state index >= 15 is 0 Å². The van der Waals surface area contributed by atoms with E-state index in [1.807, 2.05) is 12.1 Å². The smallest absolute Gasteiger partial charge is 0.145 e. The average Bonchev–Trinajstić information content (AvgIpc) is 2.85. The Kier molecular flexibility index (Phi) is 5.03. The van der Waals surface area contributed by atoms with Crippen LogP contribution in [0.4, 0.5) is 0 Å². The van der Waals surface area contributed by atoms with E-state index in [4.69, 9.17) is 4.74 Å². The molecule has 0 N–H and O–H groups in total. The van der Waals surface area contributed by atoms with Crippen molar-refractivity contribution in [1.29, 1.82) is 0 Å². The molecule has 3 nitrogen and oxygen atoms in total. The van der Waals surface area contributed by atoms with Crippen LogP contribution in [-0.2, 0) is 4.74 Å². The third-order valence-corrected chi connectivity index (χ3v) is 4.47. The molecule has 1 atom stereocenters. The topological polar surface area (TPSA) is 15.7 Å². The second-order valence-electron chi connectivity index (χ2n) is 5.53. The van der Waals surface area contributed by atoms with Crippen molar-refractivity contribution in [2.24, 2.45) is 0 Å². The van der Waals surface area contributed by atoms with Crippen LogP contribution in [0.1, 0.15) is 17.2 Å². The SMILES string of the molecule is CN1C(c2ccccc2)=C(OCCBr)C(c2ccccc2)N1C. The standard InChI is InChI=1S/C19H21BrN2O/c1-21-17(15-9-5-3-6-10-15)19(23-14-13-20)18(22(21)2)16-11-7-4-8-12-16/h3-12,17H,13-14H2,1-2H3. The Morgan fingerprint density at radius 3 is 2.17 bits per heavy atom. The van der Waals surface area contributed by atoms with Crippen LogP contribution in [0.5, 0.6) is 0 Å². The largest absolute Gasteiger partial charge is 0.493 e. The minimum absolute atomic E-state index is 0.0930. The summed E-state index contributed by atoms with van der Waals surface area (Å²) in [6, 6.07) is 21.0. The van der Waals surface area contributed by atoms with Gasteiger partial charge in [0, 0.05) is 25.0 Å². The molecule has 1 aliphatic heterocycles. The van der Waals surface area contributed by atoms with Crippen molar-refractivity contribution in [2.45, 2.75) is 6.04 Å². The molecule has 2 aromatic carbocycles. The molecule has 0 aliphatic carbocycles. The molecule has 0 saturated heterocycles. The second kappa shape index (κ2) is 7.20. The summed E-state index contributed by atoms with van der Waals surface area (Å²) in [6.45, 7) is 0.649. The lowest BCUT2D eigenvalue weighted by Crippen LogP contribution is -2.32. The van der Waals surface area contributed by atoms with Crippen LogP contribution < -0.4 is 0 Å². The third-order valence-electron chi connectivity index (χ3n) is 4.15. The highest BCUT2D eigenvalue weighted by Crippen LogP contribution is 2.42. The summed E-state index contributed by atoms with van der Waals surface area (Å²) < 4.78 is 6.18. The van der Waals surface area contributed by atoms with Crippen LogP contribution in [0, 0.1) is 0 Å². The van der Waals surface area contributed by atoms with Crippen molar-refractivity contribution in [3.8, 4) is 0 Å². The van der Waals surface area contributed by atoms with Crippen LogP contribution in [0.15, 0.2) is 66.4 Å². The quantitative estimate of drug-likeness (QED) is 0.727. The average molecular weight is 373 g/mol. The molecular weight excluding hydrogens is 352 g/mol. The molecule has 1 aliphatic rings. The van der Waals surface area contributed by atoms with Gasteiger partial charge >= 0.3 is 0 Å². The first-order chi connectivity index (χ1) is 11.2. The Balaban J connectivity index is 2.10. The number of ether oxygens (including phenoxy) is 1. The van der Waals surface area contributed by atoms with Crippen LogP contribution in [-0.4, -0.2) is 36.1 Å². The molecule has 3 rings (SSSR count). The van der Waals surface area contributed by atoms with Gasteiger partial charge in [-0.1, -0.05) is 76.6 Å². The second-order valence-corrected chi connectivity index (χ2v) is 6.32. The van der Waals surface area contributed by atoms with Gasteiger partial charge in [-0.25, -0.2) is 5.01 Å². The van der Waals surface area contributed by atoms with Gasteiger partial charge in [0.05, 0.1) is 12.3 Å². The van der Waals surface area contributed by atoms with Gasteiger partial charge in [0.15, 0.2) is 0 Å². The Hall–Kier alpha value is -1.78. The summed E-state index contributed by atoms with van der Waals surface area (Å²) in [6.07, 6.45) is 0. The zero-order valence-electron chi connectivity index (χ0n) is 13.4. The molecule has 23 heavy (non-hydrogen) atoms. The van der Waals surface area contributed by atoms with Gasteiger partial charge in [-0.3, -0.25) is 0 Å². The first-order valence-electron chi connectivity index (χ1n) is 7.74. The monoisotopic (exact) mass is 372 g/mol. The lowest BCUT2D eigenvalue weighted by Gasteiger charge is -2.28. The van der Waals surface area contributed by atoms with Gasteiger partial charge in [-0.05, 0) is 5.56 Å². The highest BCUT2D eigenvalue weighted by molar-refractivity contribution is 9.09. The summed E-state index contributed by atoms with van der Waals surface area (Å²) >= 11 is 3.46. The molecule has 0 bridgehead atoms. The summed E-state index contributed by atoms with van der Waals surface area (Å²) in [4.78, 5) is 0. The van der Waals surface area contributed by atoms with Gasteiger partial charge in [0.25, 0.3) is 0 Å². The fraction of sp³-hybridized carbons (Fsp3) is 0.263. The maximum absolute atomic E-state index is 6.18. The van der Waals surface area contributed by atoms with Gasteiger partial charge in [-0.15, -0.1) is 0 Å². The van der Waals surface area contributed by atoms with Crippen LogP contribution in [0.2, 0.25) is 0 Å². The maximum Gasteiger partial charge on any atom is 0.145 e. The molecular formula is C19H21BrN2O. The molecule has 2 aromatic rings. The molecule has 4 heteroatoms. The Bertz CT molecular complexity index is 672. The fourth-order valence-corrected chi connectivity index (χ4v) is 3.17. The first kappa shape index (κ1) is 16.1. The zero-order chi connectivity index (χ0) is 16.2. The first-order valence-corrected chi connectivity index (χ1v) is 8.86. The molecule has 0 fully saturated rings. The van der Waals surface area contributed by atoms with E-state index in [9.17, 15) is 0 Å². The molecule has 1 unspecified atom stereocenters. The minimum Gasteiger partial charge on any atom is -0.493 e. The minimum atomic E-state index is 0.0930. The highest BCUT2D eigenvalue weighted by Gasteiger charge is 2.37. The maximum atomic E-state index is 6.18. The van der Waals surface area contributed by atoms with Crippen LogP contribution in [0.3, 0.4) is 0 Å². The van der Waals surface area contributed by atoms with Gasteiger partial charge in [0.1, 0.15) is 11.8 Å². The predicted molar refractivity (Wildman–Crippen MR) is 97.8 cm³/mol. The predicted octanol–water partition coefficient (Wildman–Crippen LogP) is 4.30. The number of hydrogen-bond donors (Lipinski definition) is 0. The molecule has 0 spiro atoms. The van der Waals surface area contributed by atoms with Crippen LogP contribution in [0.25, 0.3) is 5.70 Å². The normalized spacial score (nSPS) is 18.6. The van der Waals surface area contributed by atoms with E-state index in [0.29, 0.717) is 6.61 Å². The Morgan fingerprint density at radius 1 is 0.957 bits per heavy atom. The van der Waals surface area contributed by atoms with Crippen molar-refractivity contribution < 1.29 is 4.74 Å². The van der Waals surface area contributed by atoms with E-state index in [0.717, 1.165) is 16.8 Å². The number of hydrazine groups is 1. The van der Waals surface area contributed by atoms with Gasteiger partial charge in [-0.2, -0.15) is 0 Å². The van der Waals surface area contributed by atoms with E-state index in [1.165, 1.54) is 11.1 Å². The number of alkyl halides is 1. The fourth-order valence-electron chi connectivity index (χ4n) is 3.01. The Labute approximate surface area is 146 Å². The van der Waals surface area contributed by atoms with E-state index in [2.05, 4.69) is 88.6 Å². The lowest BCUT2D eigenvalue weighted by atomic mass is 10.0. The number of hydrogen-bond acceptors (Lipinski definition) is 3. The number of likely N-dealkylation sites (N-methyl/N-ethyl adjacent to an activating group) is 1. The molecule has 1 heterocycles. The third kappa shape index (κ3) is 3.14. The van der Waals surface area contributed by atoms with Gasteiger partial charge in [0.2, 0.25) is 0 Å². The molecule has 0 saturated carbocycles. The number of rotatable bonds is 5. The number of nitrogens with zero attached hydrogens (tertiary/aromatic N) is 2. The van der Waals surface area contributed by atoms with Crippen molar-refractivity contribution in [3.05, 3.63) is 77.5 Å². The van der Waals surface area contributed by atoms with E-state index in [1.54, 1.807) is 0 Å². The highest BCUT2D eigenvalue weighted by atomic mass is 79.9. The number of benzene rings is 2. The van der Waals surface area contributed by atoms with Crippen molar-refractivity contribution >= 4 is 21.6 Å². The summed E-state index contributed by atoms with van der Waals surface area (Å²) in [5, 5.41) is 5.21. The number of halogens is 1. The lowest BCUT2D eigenvalue weighted by molar-refractivity contribution is 0.0629. The molecule has 120 valence electrons. The van der Waals surface area contributed by atoms with Crippen molar-refractivity contribution in [2.75, 3.05) is 26.0 Å².